The SMILES string of the molecule is CC.FSn1nc(Br)c2ccccc21. The molecule has 1 aromatic carbocycles. The van der Waals surface area contributed by atoms with Gasteiger partial charge < -0.3 is 0 Å². The molecule has 0 spiro atoms. The third-order valence-corrected chi connectivity index (χ3v) is 2.57. The van der Waals surface area contributed by atoms with Gasteiger partial charge in [-0.25, -0.2) is 0 Å². The van der Waals surface area contributed by atoms with Gasteiger partial charge in [0.1, 0.15) is 4.60 Å². The van der Waals surface area contributed by atoms with E-state index in [0.717, 1.165) is 10.9 Å². The van der Waals surface area contributed by atoms with E-state index >= 15 is 0 Å². The lowest BCUT2D eigenvalue weighted by molar-refractivity contribution is 0.885. The molecule has 0 amide bonds. The molecule has 0 aliphatic heterocycles. The highest BCUT2D eigenvalue weighted by atomic mass is 79.9. The fourth-order valence-corrected chi connectivity index (χ4v) is 2.00. The Kier molecular flexibility index (Phi) is 4.41. The summed E-state index contributed by atoms with van der Waals surface area (Å²) in [4.78, 5) is 0. The predicted octanol–water partition coefficient (Wildman–Crippen LogP) is 4.21. The molecule has 2 rings (SSSR count). The van der Waals surface area contributed by atoms with Crippen LogP contribution in [0.15, 0.2) is 28.9 Å². The van der Waals surface area contributed by atoms with Gasteiger partial charge in [-0.1, -0.05) is 26.0 Å². The van der Waals surface area contributed by atoms with Crippen molar-refractivity contribution in [2.45, 2.75) is 13.8 Å². The molecule has 2 aromatic rings. The number of fused-ring (bicyclic) bond motifs is 1. The molecule has 0 atom stereocenters. The van der Waals surface area contributed by atoms with Crippen LogP contribution in [0, 0.1) is 0 Å². The molecule has 1 heterocycles. The van der Waals surface area contributed by atoms with Crippen molar-refractivity contribution >= 4 is 39.2 Å². The van der Waals surface area contributed by atoms with E-state index < -0.39 is 0 Å². The molecular weight excluding hydrogens is 267 g/mol. The van der Waals surface area contributed by atoms with Gasteiger partial charge >= 0.3 is 0 Å². The summed E-state index contributed by atoms with van der Waals surface area (Å²) in [5.74, 6) is 0. The van der Waals surface area contributed by atoms with E-state index in [1.165, 1.54) is 4.09 Å². The van der Waals surface area contributed by atoms with Gasteiger partial charge in [0.05, 0.1) is 5.52 Å². The van der Waals surface area contributed by atoms with Crippen LogP contribution < -0.4 is 0 Å². The van der Waals surface area contributed by atoms with Gasteiger partial charge in [0.15, 0.2) is 12.3 Å². The standard InChI is InChI=1S/C7H4BrFN2S.C2H6/c8-7-5-3-1-2-4-6(5)11(10-7)12-9;1-2/h1-4H;1-2H3. The smallest absolute Gasteiger partial charge is 0.175 e. The number of rotatable bonds is 1. The quantitative estimate of drug-likeness (QED) is 0.777. The maximum absolute atomic E-state index is 12.3. The summed E-state index contributed by atoms with van der Waals surface area (Å²) in [6.45, 7) is 4.00. The van der Waals surface area contributed by atoms with Crippen LogP contribution in [0.1, 0.15) is 13.8 Å². The van der Waals surface area contributed by atoms with E-state index in [9.17, 15) is 3.89 Å². The van der Waals surface area contributed by atoms with Crippen LogP contribution in [0.5, 0.6) is 0 Å². The van der Waals surface area contributed by atoms with Gasteiger partial charge in [-0.15, -0.1) is 3.89 Å². The Morgan fingerprint density at radius 2 is 2.00 bits per heavy atom. The Morgan fingerprint density at radius 3 is 2.64 bits per heavy atom. The van der Waals surface area contributed by atoms with Gasteiger partial charge in [-0.2, -0.15) is 9.19 Å². The lowest BCUT2D eigenvalue weighted by atomic mass is 10.3. The molecule has 0 fully saturated rings. The van der Waals surface area contributed by atoms with Crippen LogP contribution in [-0.2, 0) is 0 Å². The minimum Gasteiger partial charge on any atom is -0.175 e. The Hall–Kier alpha value is -0.550. The topological polar surface area (TPSA) is 17.8 Å². The highest BCUT2D eigenvalue weighted by Gasteiger charge is 2.06. The maximum Gasteiger partial charge on any atom is 0.188 e. The fraction of sp³-hybridized carbons (Fsp3) is 0.222. The number of nitrogens with zero attached hydrogens (tertiary/aromatic N) is 2. The van der Waals surface area contributed by atoms with Gasteiger partial charge in [0.2, 0.25) is 0 Å². The van der Waals surface area contributed by atoms with Crippen molar-refractivity contribution in [1.29, 1.82) is 0 Å². The summed E-state index contributed by atoms with van der Waals surface area (Å²) in [5, 5.41) is 4.85. The molecule has 2 nitrogen and oxygen atoms in total. The third kappa shape index (κ3) is 2.09. The number of para-hydroxylation sites is 1. The summed E-state index contributed by atoms with van der Waals surface area (Å²) >= 11 is 3.34. The number of hydrogen-bond donors (Lipinski definition) is 0. The molecule has 0 unspecified atom stereocenters. The molecule has 0 saturated carbocycles. The Balaban J connectivity index is 0.000000461. The Morgan fingerprint density at radius 1 is 1.36 bits per heavy atom. The van der Waals surface area contributed by atoms with Crippen LogP contribution in [0.2, 0.25) is 0 Å². The molecule has 0 N–H and O–H groups in total. The second-order valence-corrected chi connectivity index (χ2v) is 3.48. The van der Waals surface area contributed by atoms with Crippen molar-refractivity contribution in [2.75, 3.05) is 0 Å². The Labute approximate surface area is 95.0 Å². The lowest BCUT2D eigenvalue weighted by Crippen LogP contribution is -1.83. The zero-order chi connectivity index (χ0) is 10.6. The molecule has 76 valence electrons. The van der Waals surface area contributed by atoms with Gasteiger partial charge in [-0.3, -0.25) is 0 Å². The summed E-state index contributed by atoms with van der Waals surface area (Å²) in [5.41, 5.74) is 0.775. The van der Waals surface area contributed by atoms with Gasteiger partial charge in [0.25, 0.3) is 0 Å². The highest BCUT2D eigenvalue weighted by Crippen LogP contribution is 2.25. The van der Waals surface area contributed by atoms with Crippen molar-refractivity contribution < 1.29 is 3.89 Å². The van der Waals surface area contributed by atoms with E-state index in [1.54, 1.807) is 0 Å². The van der Waals surface area contributed by atoms with Crippen LogP contribution in [0.3, 0.4) is 0 Å². The first-order valence-corrected chi connectivity index (χ1v) is 5.72. The first kappa shape index (κ1) is 11.5. The largest absolute Gasteiger partial charge is 0.188 e. The van der Waals surface area contributed by atoms with Gasteiger partial charge in [0, 0.05) is 5.39 Å². The van der Waals surface area contributed by atoms with E-state index in [1.807, 2.05) is 38.1 Å². The summed E-state index contributed by atoms with van der Waals surface area (Å²) in [6.07, 6.45) is 0. The second-order valence-electron chi connectivity index (χ2n) is 2.25. The number of halogens is 2. The summed E-state index contributed by atoms with van der Waals surface area (Å²) in [6, 6.07) is 7.45. The van der Waals surface area contributed by atoms with Crippen molar-refractivity contribution in [3.63, 3.8) is 0 Å². The van der Waals surface area contributed by atoms with E-state index in [-0.39, 0.29) is 12.3 Å². The molecule has 0 aliphatic rings. The Bertz CT molecular complexity index is 416. The fourth-order valence-electron chi connectivity index (χ4n) is 1.05. The molecule has 14 heavy (non-hydrogen) atoms. The predicted molar refractivity (Wildman–Crippen MR) is 62.9 cm³/mol. The molecule has 1 aromatic heterocycles. The van der Waals surface area contributed by atoms with Gasteiger partial charge in [-0.05, 0) is 28.1 Å². The summed E-state index contributed by atoms with van der Waals surface area (Å²) in [7, 11) is 0. The molecule has 0 aliphatic carbocycles. The minimum absolute atomic E-state index is 0.0947. The normalized spacial score (nSPS) is 9.71. The van der Waals surface area contributed by atoms with Crippen molar-refractivity contribution in [3.8, 4) is 0 Å². The molecule has 5 heteroatoms. The minimum atomic E-state index is 0.0947. The van der Waals surface area contributed by atoms with Crippen LogP contribution in [0.25, 0.3) is 10.9 Å². The number of aromatic nitrogens is 2. The van der Waals surface area contributed by atoms with E-state index in [4.69, 9.17) is 0 Å². The average molecular weight is 277 g/mol. The molecular formula is C9H10BrFN2S. The monoisotopic (exact) mass is 276 g/mol. The zero-order valence-electron chi connectivity index (χ0n) is 7.87. The first-order chi connectivity index (χ1) is 6.83. The molecule has 0 saturated heterocycles. The highest BCUT2D eigenvalue weighted by molar-refractivity contribution is 9.10. The van der Waals surface area contributed by atoms with E-state index in [2.05, 4.69) is 21.0 Å². The lowest BCUT2D eigenvalue weighted by Gasteiger charge is -1.90. The number of hydrogen-bond acceptors (Lipinski definition) is 2. The van der Waals surface area contributed by atoms with E-state index in [0.29, 0.717) is 4.60 Å². The average Bonchev–Trinajstić information content (AvgIpc) is 2.59. The second kappa shape index (κ2) is 5.36. The molecule has 0 radical (unpaired) electrons. The van der Waals surface area contributed by atoms with Crippen LogP contribution >= 0.6 is 28.3 Å². The van der Waals surface area contributed by atoms with Crippen molar-refractivity contribution in [3.05, 3.63) is 28.9 Å². The van der Waals surface area contributed by atoms with Crippen LogP contribution in [0.4, 0.5) is 3.89 Å². The number of benzene rings is 1. The third-order valence-electron chi connectivity index (χ3n) is 1.58. The van der Waals surface area contributed by atoms with Crippen molar-refractivity contribution in [1.82, 2.24) is 9.19 Å². The zero-order valence-corrected chi connectivity index (χ0v) is 10.3. The van der Waals surface area contributed by atoms with Crippen LogP contribution in [-0.4, -0.2) is 9.19 Å². The first-order valence-electron chi connectivity index (χ1n) is 4.25. The maximum atomic E-state index is 12.3. The summed E-state index contributed by atoms with van der Waals surface area (Å²) < 4.78 is 14.2. The van der Waals surface area contributed by atoms with Crippen molar-refractivity contribution in [2.24, 2.45) is 0 Å². The molecule has 0 bridgehead atoms.